The Bertz CT molecular complexity index is 1250. The van der Waals surface area contributed by atoms with Crippen LogP contribution in [-0.4, -0.2) is 92.0 Å². The summed E-state index contributed by atoms with van der Waals surface area (Å²) in [6, 6.07) is 8.74. The summed E-state index contributed by atoms with van der Waals surface area (Å²) in [6.45, 7) is 4.61. The molecule has 0 spiro atoms. The lowest BCUT2D eigenvalue weighted by Crippen LogP contribution is -2.74. The maximum atomic E-state index is 13.9. The van der Waals surface area contributed by atoms with Gasteiger partial charge in [0.2, 0.25) is 0 Å². The smallest absolute Gasteiger partial charge is 0.283 e. The van der Waals surface area contributed by atoms with Crippen molar-refractivity contribution in [1.29, 1.82) is 0 Å². The summed E-state index contributed by atoms with van der Waals surface area (Å²) in [6.07, 6.45) is 5.59. The van der Waals surface area contributed by atoms with Crippen molar-refractivity contribution in [1.82, 2.24) is 15.1 Å². The first-order chi connectivity index (χ1) is 19.5. The number of nitrogens with one attached hydrogen (secondary N) is 1. The standard InChI is InChI=1S/C31H41Cl2F2N4O2/c1-37(2)30(41)31(12-14-36-15-13-31)39(16-5-4-6-17-39)18-11-24(22-7-9-25(32)26(33)19-22)21-38(3)29(40)23-8-10-27(34)28(35)20-23/h7-10,19-20,24,36H,4-6,11-18,21H2,1-3H3/q+1. The summed E-state index contributed by atoms with van der Waals surface area (Å²) < 4.78 is 28.2. The number of quaternary nitrogens is 1. The van der Waals surface area contributed by atoms with Crippen molar-refractivity contribution in [2.75, 3.05) is 60.4 Å². The molecule has 1 N–H and O–H groups in total. The second-order valence-electron chi connectivity index (χ2n) is 11.8. The molecule has 6 nitrogen and oxygen atoms in total. The van der Waals surface area contributed by atoms with Gasteiger partial charge in [-0.15, -0.1) is 0 Å². The Morgan fingerprint density at radius 1 is 0.951 bits per heavy atom. The van der Waals surface area contributed by atoms with Gasteiger partial charge in [0.15, 0.2) is 17.2 Å². The molecule has 0 aromatic heterocycles. The number of likely N-dealkylation sites (tertiary alicyclic amines) is 1. The Kier molecular flexibility index (Phi) is 10.3. The van der Waals surface area contributed by atoms with Crippen LogP contribution in [0.4, 0.5) is 8.78 Å². The van der Waals surface area contributed by atoms with E-state index in [1.165, 1.54) is 6.07 Å². The minimum atomic E-state index is -1.06. The zero-order valence-electron chi connectivity index (χ0n) is 24.2. The molecule has 1 unspecified atom stereocenters. The van der Waals surface area contributed by atoms with Gasteiger partial charge in [0.25, 0.3) is 11.8 Å². The second-order valence-corrected chi connectivity index (χ2v) is 12.6. The van der Waals surface area contributed by atoms with Gasteiger partial charge in [-0.3, -0.25) is 9.59 Å². The molecule has 10 heteroatoms. The minimum Gasteiger partial charge on any atom is -0.343 e. The highest BCUT2D eigenvalue weighted by Crippen LogP contribution is 2.40. The van der Waals surface area contributed by atoms with Crippen molar-refractivity contribution >= 4 is 35.0 Å². The molecule has 2 saturated heterocycles. The Morgan fingerprint density at radius 2 is 1.63 bits per heavy atom. The molecular formula is C31H41Cl2F2N4O2+. The molecule has 0 saturated carbocycles. The monoisotopic (exact) mass is 609 g/mol. The van der Waals surface area contributed by atoms with Gasteiger partial charge < -0.3 is 19.6 Å². The second kappa shape index (κ2) is 13.4. The molecule has 2 aromatic rings. The minimum absolute atomic E-state index is 0.0871. The van der Waals surface area contributed by atoms with Gasteiger partial charge in [0, 0.05) is 71.5 Å². The molecule has 0 aliphatic carbocycles. The molecule has 224 valence electrons. The van der Waals surface area contributed by atoms with E-state index in [4.69, 9.17) is 23.2 Å². The summed E-state index contributed by atoms with van der Waals surface area (Å²) in [4.78, 5) is 30.5. The van der Waals surface area contributed by atoms with Gasteiger partial charge in [-0.25, -0.2) is 8.78 Å². The predicted octanol–water partition coefficient (Wildman–Crippen LogP) is 5.73. The highest BCUT2D eigenvalue weighted by atomic mass is 35.5. The van der Waals surface area contributed by atoms with Crippen LogP contribution in [0.5, 0.6) is 0 Å². The summed E-state index contributed by atoms with van der Waals surface area (Å²) in [5.74, 6) is -2.37. The fourth-order valence-electron chi connectivity index (χ4n) is 6.93. The lowest BCUT2D eigenvalue weighted by atomic mass is 9.79. The summed E-state index contributed by atoms with van der Waals surface area (Å²) in [5.41, 5.74) is 0.534. The first-order valence-electron chi connectivity index (χ1n) is 14.4. The lowest BCUT2D eigenvalue weighted by molar-refractivity contribution is -0.972. The highest BCUT2D eigenvalue weighted by Gasteiger charge is 2.57. The van der Waals surface area contributed by atoms with Crippen LogP contribution < -0.4 is 5.32 Å². The van der Waals surface area contributed by atoms with Crippen LogP contribution in [0.15, 0.2) is 36.4 Å². The molecule has 2 aliphatic heterocycles. The van der Waals surface area contributed by atoms with Gasteiger partial charge in [-0.1, -0.05) is 29.3 Å². The number of piperidine rings is 2. The molecule has 2 aromatic carbocycles. The molecule has 4 rings (SSSR count). The zero-order chi connectivity index (χ0) is 29.8. The number of carbonyl (C=O) groups is 2. The average Bonchev–Trinajstić information content (AvgIpc) is 2.98. The maximum Gasteiger partial charge on any atom is 0.283 e. The van der Waals surface area contributed by atoms with E-state index in [2.05, 4.69) is 5.32 Å². The lowest BCUT2D eigenvalue weighted by Gasteiger charge is -2.56. The van der Waals surface area contributed by atoms with Gasteiger partial charge >= 0.3 is 0 Å². The molecular weight excluding hydrogens is 569 g/mol. The molecule has 41 heavy (non-hydrogen) atoms. The third kappa shape index (κ3) is 6.71. The number of amides is 2. The topological polar surface area (TPSA) is 52.7 Å². The number of hydrogen-bond donors (Lipinski definition) is 1. The van der Waals surface area contributed by atoms with Crippen molar-refractivity contribution < 1.29 is 22.9 Å². The molecule has 2 heterocycles. The first kappa shape index (κ1) is 31.7. The largest absolute Gasteiger partial charge is 0.343 e. The highest BCUT2D eigenvalue weighted by molar-refractivity contribution is 6.42. The third-order valence-corrected chi connectivity index (χ3v) is 9.88. The normalized spacial score (nSPS) is 18.9. The molecule has 0 bridgehead atoms. The van der Waals surface area contributed by atoms with Gasteiger partial charge in [-0.05, 0) is 55.2 Å². The molecule has 1 atom stereocenters. The SMILES string of the molecule is CN(C)C(=O)C1([N+]2(CCC(CN(C)C(=O)c3ccc(F)c(F)c3)c3ccc(Cl)c(Cl)c3)CCCCC2)CCNCC1. The van der Waals surface area contributed by atoms with E-state index in [9.17, 15) is 18.4 Å². The van der Waals surface area contributed by atoms with Crippen molar-refractivity contribution in [2.24, 2.45) is 0 Å². The maximum absolute atomic E-state index is 13.9. The Morgan fingerprint density at radius 3 is 2.24 bits per heavy atom. The van der Waals surface area contributed by atoms with E-state index in [0.29, 0.717) is 23.0 Å². The van der Waals surface area contributed by atoms with Crippen molar-refractivity contribution in [2.45, 2.75) is 50.0 Å². The molecule has 2 aliphatic rings. The van der Waals surface area contributed by atoms with Crippen LogP contribution in [-0.2, 0) is 4.79 Å². The van der Waals surface area contributed by atoms with Crippen molar-refractivity contribution in [3.63, 3.8) is 0 Å². The fourth-order valence-corrected chi connectivity index (χ4v) is 7.23. The number of hydrogen-bond acceptors (Lipinski definition) is 3. The molecule has 2 amide bonds. The summed E-state index contributed by atoms with van der Waals surface area (Å²) in [7, 11) is 5.37. The van der Waals surface area contributed by atoms with Crippen molar-refractivity contribution in [3.05, 3.63) is 69.2 Å². The third-order valence-electron chi connectivity index (χ3n) is 9.14. The quantitative estimate of drug-likeness (QED) is 0.370. The van der Waals surface area contributed by atoms with Crippen LogP contribution in [0.3, 0.4) is 0 Å². The van der Waals surface area contributed by atoms with Gasteiger partial charge in [-0.2, -0.15) is 0 Å². The number of rotatable bonds is 9. The molecule has 2 fully saturated rings. The van der Waals surface area contributed by atoms with Gasteiger partial charge in [0.05, 0.1) is 29.7 Å². The van der Waals surface area contributed by atoms with Crippen LogP contribution in [0.2, 0.25) is 10.0 Å². The average molecular weight is 611 g/mol. The number of halogens is 4. The Labute approximate surface area is 252 Å². The first-order valence-corrected chi connectivity index (χ1v) is 15.2. The molecule has 0 radical (unpaired) electrons. The fraction of sp³-hybridized carbons (Fsp3) is 0.548. The van der Waals surface area contributed by atoms with E-state index >= 15 is 0 Å². The van der Waals surface area contributed by atoms with E-state index in [1.54, 1.807) is 22.9 Å². The Balaban J connectivity index is 1.66. The number of carbonyl (C=O) groups excluding carboxylic acids is 2. The zero-order valence-corrected chi connectivity index (χ0v) is 25.7. The van der Waals surface area contributed by atoms with Crippen LogP contribution in [0, 0.1) is 11.6 Å². The number of likely N-dealkylation sites (N-methyl/N-ethyl adjacent to an activating group) is 2. The van der Waals surface area contributed by atoms with Crippen LogP contribution in [0.25, 0.3) is 0 Å². The van der Waals surface area contributed by atoms with E-state index in [0.717, 1.165) is 87.0 Å². The number of benzene rings is 2. The number of nitrogens with zero attached hydrogens (tertiary/aromatic N) is 3. The Hall–Kier alpha value is -2.26. The summed E-state index contributed by atoms with van der Waals surface area (Å²) in [5, 5.41) is 4.33. The summed E-state index contributed by atoms with van der Waals surface area (Å²) >= 11 is 12.7. The van der Waals surface area contributed by atoms with Crippen LogP contribution >= 0.6 is 23.2 Å². The van der Waals surface area contributed by atoms with E-state index in [1.807, 2.05) is 26.2 Å². The van der Waals surface area contributed by atoms with Crippen LogP contribution in [0.1, 0.15) is 60.4 Å². The predicted molar refractivity (Wildman–Crippen MR) is 159 cm³/mol. The van der Waals surface area contributed by atoms with Gasteiger partial charge in [0.1, 0.15) is 0 Å². The van der Waals surface area contributed by atoms with Crippen molar-refractivity contribution in [3.8, 4) is 0 Å². The van der Waals surface area contributed by atoms with E-state index in [-0.39, 0.29) is 17.4 Å². The van der Waals surface area contributed by atoms with E-state index < -0.39 is 23.1 Å².